The van der Waals surface area contributed by atoms with Crippen LogP contribution in [0.2, 0.25) is 10.0 Å². The van der Waals surface area contributed by atoms with Crippen LogP contribution in [-0.2, 0) is 9.59 Å². The number of rotatable bonds is 16. The molecule has 0 aliphatic rings. The lowest BCUT2D eigenvalue weighted by atomic mass is 10.1. The Labute approximate surface area is 234 Å². The highest BCUT2D eigenvalue weighted by Crippen LogP contribution is 2.30. The van der Waals surface area contributed by atoms with Crippen molar-refractivity contribution in [2.24, 2.45) is 5.10 Å². The van der Waals surface area contributed by atoms with E-state index in [0.29, 0.717) is 29.4 Å². The largest absolute Gasteiger partial charge is 0.490 e. The highest BCUT2D eigenvalue weighted by Gasteiger charge is 2.16. The fourth-order valence-electron chi connectivity index (χ4n) is 3.50. The van der Waals surface area contributed by atoms with Crippen LogP contribution in [0.15, 0.2) is 41.5 Å². The Hall–Kier alpha value is -3.10. The van der Waals surface area contributed by atoms with E-state index in [1.807, 2.05) is 0 Å². The lowest BCUT2D eigenvalue weighted by Gasteiger charge is -2.12. The molecule has 0 heterocycles. The number of nitrogens with zero attached hydrogens (tertiary/aromatic N) is 1. The van der Waals surface area contributed by atoms with Gasteiger partial charge in [0.05, 0.1) is 30.0 Å². The molecule has 0 aliphatic heterocycles. The third-order valence-corrected chi connectivity index (χ3v) is 6.03. The van der Waals surface area contributed by atoms with Crippen LogP contribution >= 0.6 is 23.2 Å². The number of unbranched alkanes of at least 4 members (excludes halogenated alkanes) is 6. The van der Waals surface area contributed by atoms with Gasteiger partial charge in [0, 0.05) is 11.4 Å². The molecule has 2 N–H and O–H groups in total. The van der Waals surface area contributed by atoms with Crippen LogP contribution in [0.1, 0.15) is 81.1 Å². The minimum atomic E-state index is -0.657. The van der Waals surface area contributed by atoms with E-state index >= 15 is 0 Å². The number of nitrogens with one attached hydrogen (secondary N) is 2. The van der Waals surface area contributed by atoms with Gasteiger partial charge in [0.2, 0.25) is 5.91 Å². The van der Waals surface area contributed by atoms with Crippen molar-refractivity contribution >= 4 is 47.2 Å². The highest BCUT2D eigenvalue weighted by molar-refractivity contribution is 6.36. The molecule has 2 aromatic rings. The number of benzene rings is 2. The summed E-state index contributed by atoms with van der Waals surface area (Å²) in [6.07, 6.45) is 9.72. The summed E-state index contributed by atoms with van der Waals surface area (Å²) in [4.78, 5) is 36.5. The molecule has 0 atom stereocenters. The minimum absolute atomic E-state index is 0.149. The summed E-state index contributed by atoms with van der Waals surface area (Å²) in [5, 5.41) is 7.11. The predicted octanol–water partition coefficient (Wildman–Crippen LogP) is 6.32. The molecule has 0 saturated heterocycles. The first-order chi connectivity index (χ1) is 18.3. The number of halogens is 2. The molecular formula is C28H35Cl2N3O5. The van der Waals surface area contributed by atoms with Crippen molar-refractivity contribution < 1.29 is 23.9 Å². The van der Waals surface area contributed by atoms with Gasteiger partial charge in [-0.05, 0) is 55.3 Å². The maximum atomic E-state index is 12.6. The standard InChI is InChI=1S/C28H35Cl2N3O5/c1-3-5-6-7-8-9-10-11-26(34)31-19-27(35)33-32-18-20-12-15-24(25(16-20)37-4-2)38-28(36)22-14-13-21(29)17-23(22)30/h12-18H,3-11,19H2,1-2H3,(H,31,34)(H,33,35). The molecule has 0 fully saturated rings. The van der Waals surface area contributed by atoms with Gasteiger partial charge in [0.15, 0.2) is 11.5 Å². The highest BCUT2D eigenvalue weighted by atomic mass is 35.5. The van der Waals surface area contributed by atoms with Crippen LogP contribution in [0.25, 0.3) is 0 Å². The van der Waals surface area contributed by atoms with Crippen LogP contribution in [0.4, 0.5) is 0 Å². The Bertz CT molecular complexity index is 1110. The average molecular weight is 565 g/mol. The van der Waals surface area contributed by atoms with Crippen molar-refractivity contribution in [3.8, 4) is 11.5 Å². The second-order valence-electron chi connectivity index (χ2n) is 8.59. The first kappa shape index (κ1) is 31.1. The number of esters is 1. The summed E-state index contributed by atoms with van der Waals surface area (Å²) in [7, 11) is 0. The second kappa shape index (κ2) is 17.4. The van der Waals surface area contributed by atoms with Gasteiger partial charge in [-0.2, -0.15) is 5.10 Å². The molecule has 2 aromatic carbocycles. The number of hydrogen-bond donors (Lipinski definition) is 2. The van der Waals surface area contributed by atoms with E-state index in [9.17, 15) is 14.4 Å². The van der Waals surface area contributed by atoms with E-state index in [1.165, 1.54) is 44.0 Å². The van der Waals surface area contributed by atoms with Crippen LogP contribution in [0.3, 0.4) is 0 Å². The van der Waals surface area contributed by atoms with E-state index in [-0.39, 0.29) is 28.8 Å². The lowest BCUT2D eigenvalue weighted by molar-refractivity contribution is -0.126. The van der Waals surface area contributed by atoms with E-state index in [1.54, 1.807) is 31.2 Å². The zero-order valence-corrected chi connectivity index (χ0v) is 23.4. The van der Waals surface area contributed by atoms with E-state index in [4.69, 9.17) is 32.7 Å². The molecule has 0 radical (unpaired) electrons. The zero-order chi connectivity index (χ0) is 27.8. The molecular weight excluding hydrogens is 529 g/mol. The molecule has 10 heteroatoms. The fourth-order valence-corrected chi connectivity index (χ4v) is 3.98. The number of carbonyl (C=O) groups is 3. The molecule has 0 saturated carbocycles. The Morgan fingerprint density at radius 3 is 2.34 bits per heavy atom. The van der Waals surface area contributed by atoms with Gasteiger partial charge in [0.25, 0.3) is 5.91 Å². The van der Waals surface area contributed by atoms with E-state index < -0.39 is 11.9 Å². The molecule has 2 rings (SSSR count). The molecule has 0 aromatic heterocycles. The number of hydrazone groups is 1. The molecule has 0 aliphatic carbocycles. The average Bonchev–Trinajstić information content (AvgIpc) is 2.88. The normalized spacial score (nSPS) is 10.8. The molecule has 2 amide bonds. The van der Waals surface area contributed by atoms with E-state index in [0.717, 1.165) is 19.3 Å². The molecule has 0 bridgehead atoms. The smallest absolute Gasteiger partial charge is 0.345 e. The van der Waals surface area contributed by atoms with Crippen LogP contribution in [0, 0.1) is 0 Å². The Balaban J connectivity index is 1.81. The van der Waals surface area contributed by atoms with Crippen LogP contribution in [-0.4, -0.2) is 37.1 Å². The molecule has 206 valence electrons. The Kier molecular flexibility index (Phi) is 14.3. The van der Waals surface area contributed by atoms with Crippen molar-refractivity contribution in [1.82, 2.24) is 10.7 Å². The summed E-state index contributed by atoms with van der Waals surface area (Å²) >= 11 is 12.0. The fraction of sp³-hybridized carbons (Fsp3) is 0.429. The third kappa shape index (κ3) is 11.5. The number of carbonyl (C=O) groups excluding carboxylic acids is 3. The number of amides is 2. The Morgan fingerprint density at radius 2 is 1.63 bits per heavy atom. The summed E-state index contributed by atoms with van der Waals surface area (Å²) in [6.45, 7) is 4.16. The van der Waals surface area contributed by atoms with E-state index in [2.05, 4.69) is 22.8 Å². The molecule has 38 heavy (non-hydrogen) atoms. The summed E-state index contributed by atoms with van der Waals surface area (Å²) in [5.74, 6) is -0.726. The molecule has 8 nitrogen and oxygen atoms in total. The SMILES string of the molecule is CCCCCCCCCC(=O)NCC(=O)NN=Cc1ccc(OC(=O)c2ccc(Cl)cc2Cl)c(OCC)c1. The topological polar surface area (TPSA) is 106 Å². The van der Waals surface area contributed by atoms with Crippen molar-refractivity contribution in [1.29, 1.82) is 0 Å². The van der Waals surface area contributed by atoms with Crippen molar-refractivity contribution in [3.05, 3.63) is 57.6 Å². The third-order valence-electron chi connectivity index (χ3n) is 5.48. The molecule has 0 spiro atoms. The van der Waals surface area contributed by atoms with Gasteiger partial charge in [-0.1, -0.05) is 68.7 Å². The second-order valence-corrected chi connectivity index (χ2v) is 9.44. The maximum absolute atomic E-state index is 12.6. The molecule has 0 unspecified atom stereocenters. The zero-order valence-electron chi connectivity index (χ0n) is 21.9. The van der Waals surface area contributed by atoms with Crippen molar-refractivity contribution in [2.75, 3.05) is 13.2 Å². The first-order valence-corrected chi connectivity index (χ1v) is 13.6. The first-order valence-electron chi connectivity index (χ1n) is 12.9. The monoisotopic (exact) mass is 563 g/mol. The van der Waals surface area contributed by atoms with Gasteiger partial charge >= 0.3 is 5.97 Å². The van der Waals surface area contributed by atoms with Crippen molar-refractivity contribution in [3.63, 3.8) is 0 Å². The van der Waals surface area contributed by atoms with Crippen molar-refractivity contribution in [2.45, 2.75) is 65.2 Å². The maximum Gasteiger partial charge on any atom is 0.345 e. The quantitative estimate of drug-likeness (QED) is 0.0816. The number of ether oxygens (including phenoxy) is 2. The van der Waals surface area contributed by atoms with Gasteiger partial charge in [-0.15, -0.1) is 0 Å². The van der Waals surface area contributed by atoms with Gasteiger partial charge in [-0.25, -0.2) is 10.2 Å². The van der Waals surface area contributed by atoms with Gasteiger partial charge in [0.1, 0.15) is 0 Å². The minimum Gasteiger partial charge on any atom is -0.490 e. The van der Waals surface area contributed by atoms with Crippen LogP contribution < -0.4 is 20.2 Å². The summed E-state index contributed by atoms with van der Waals surface area (Å²) < 4.78 is 11.1. The van der Waals surface area contributed by atoms with Crippen LogP contribution in [0.5, 0.6) is 11.5 Å². The summed E-state index contributed by atoms with van der Waals surface area (Å²) in [5.41, 5.74) is 3.14. The predicted molar refractivity (Wildman–Crippen MR) is 150 cm³/mol. The number of hydrogen-bond acceptors (Lipinski definition) is 6. The Morgan fingerprint density at radius 1 is 0.895 bits per heavy atom. The van der Waals surface area contributed by atoms with Gasteiger partial charge < -0.3 is 14.8 Å². The lowest BCUT2D eigenvalue weighted by Crippen LogP contribution is -2.34. The van der Waals surface area contributed by atoms with Gasteiger partial charge in [-0.3, -0.25) is 9.59 Å². The summed E-state index contributed by atoms with van der Waals surface area (Å²) in [6, 6.07) is 9.31.